The van der Waals surface area contributed by atoms with Crippen LogP contribution in [0.1, 0.15) is 27.0 Å². The second-order valence-corrected chi connectivity index (χ2v) is 12.6. The SMILES string of the molecule is CC(C)(C)[Si](C)(C)OC[C@H]1O[C@@H](n2ccc(=O)[nH]c2=O)/C(=C/C#N)[C@@H]1O. The van der Waals surface area contributed by atoms with Gasteiger partial charge in [0, 0.05) is 23.9 Å². The molecule has 3 atom stereocenters. The van der Waals surface area contributed by atoms with E-state index < -0.39 is 38.0 Å². The first-order valence-electron chi connectivity index (χ1n) is 8.36. The number of hydrogen-bond acceptors (Lipinski definition) is 6. The van der Waals surface area contributed by atoms with Gasteiger partial charge in [-0.15, -0.1) is 0 Å². The van der Waals surface area contributed by atoms with Gasteiger partial charge < -0.3 is 14.3 Å². The van der Waals surface area contributed by atoms with Crippen LogP contribution in [0.5, 0.6) is 0 Å². The molecule has 2 heterocycles. The molecule has 8 nitrogen and oxygen atoms in total. The summed E-state index contributed by atoms with van der Waals surface area (Å²) < 4.78 is 13.1. The Morgan fingerprint density at radius 3 is 2.65 bits per heavy atom. The summed E-state index contributed by atoms with van der Waals surface area (Å²) in [6.45, 7) is 10.6. The number of rotatable bonds is 4. The van der Waals surface area contributed by atoms with Crippen molar-refractivity contribution < 1.29 is 14.3 Å². The van der Waals surface area contributed by atoms with E-state index in [2.05, 4.69) is 38.8 Å². The van der Waals surface area contributed by atoms with Crippen molar-refractivity contribution in [2.75, 3.05) is 6.61 Å². The first-order chi connectivity index (χ1) is 12.0. The topological polar surface area (TPSA) is 117 Å². The first kappa shape index (κ1) is 20.3. The summed E-state index contributed by atoms with van der Waals surface area (Å²) in [6.07, 6.45) is -0.321. The number of H-pyrrole nitrogens is 1. The number of nitriles is 1. The molecule has 2 N–H and O–H groups in total. The third-order valence-electron chi connectivity index (χ3n) is 5.03. The Labute approximate surface area is 152 Å². The minimum Gasteiger partial charge on any atom is -0.414 e. The van der Waals surface area contributed by atoms with E-state index in [-0.39, 0.29) is 17.2 Å². The van der Waals surface area contributed by atoms with Gasteiger partial charge in [-0.25, -0.2) is 4.79 Å². The average molecular weight is 379 g/mol. The Morgan fingerprint density at radius 1 is 1.46 bits per heavy atom. The van der Waals surface area contributed by atoms with Crippen LogP contribution in [-0.4, -0.2) is 41.8 Å². The van der Waals surface area contributed by atoms with Gasteiger partial charge in [-0.05, 0) is 18.1 Å². The Kier molecular flexibility index (Phi) is 5.72. The minimum atomic E-state index is -2.05. The van der Waals surface area contributed by atoms with Gasteiger partial charge in [0.05, 0.1) is 12.7 Å². The van der Waals surface area contributed by atoms with Gasteiger partial charge in [0.1, 0.15) is 12.2 Å². The van der Waals surface area contributed by atoms with Gasteiger partial charge in [0.2, 0.25) is 0 Å². The van der Waals surface area contributed by atoms with Crippen molar-refractivity contribution in [3.8, 4) is 6.07 Å². The highest BCUT2D eigenvalue weighted by Gasteiger charge is 2.43. The standard InChI is InChI=1S/C17H25N3O5Si/c1-17(2,3)26(4,5)24-10-12-14(22)11(6-8-18)15(25-12)20-9-7-13(21)19-16(20)23/h6-7,9,12,14-15,22H,10H2,1-5H3,(H,19,21,23)/b11-6+/t12-,14+,15-/m1/s1. The zero-order valence-electron chi connectivity index (χ0n) is 15.6. The summed E-state index contributed by atoms with van der Waals surface area (Å²) >= 11 is 0. The Bertz CT molecular complexity index is 843. The molecule has 0 spiro atoms. The van der Waals surface area contributed by atoms with Crippen LogP contribution >= 0.6 is 0 Å². The van der Waals surface area contributed by atoms with Crippen LogP contribution in [0.15, 0.2) is 33.5 Å². The summed E-state index contributed by atoms with van der Waals surface area (Å²) in [7, 11) is -2.05. The number of allylic oxidation sites excluding steroid dienone is 1. The van der Waals surface area contributed by atoms with Gasteiger partial charge in [-0.1, -0.05) is 20.8 Å². The highest BCUT2D eigenvalue weighted by atomic mass is 28.4. The molecule has 0 amide bonds. The molecule has 26 heavy (non-hydrogen) atoms. The fourth-order valence-electron chi connectivity index (χ4n) is 2.39. The number of hydrogen-bond donors (Lipinski definition) is 2. The van der Waals surface area contributed by atoms with Crippen molar-refractivity contribution in [2.45, 2.75) is 57.3 Å². The number of nitrogens with zero attached hydrogens (tertiary/aromatic N) is 2. The second kappa shape index (κ2) is 7.32. The summed E-state index contributed by atoms with van der Waals surface area (Å²) in [5, 5.41) is 19.6. The monoisotopic (exact) mass is 379 g/mol. The van der Waals surface area contributed by atoms with Crippen LogP contribution in [0.2, 0.25) is 18.1 Å². The largest absolute Gasteiger partial charge is 0.414 e. The molecule has 1 aliphatic heterocycles. The van der Waals surface area contributed by atoms with Crippen LogP contribution < -0.4 is 11.2 Å². The number of aromatic nitrogens is 2. The van der Waals surface area contributed by atoms with E-state index in [1.54, 1.807) is 0 Å². The molecule has 1 saturated heterocycles. The molecule has 1 aliphatic rings. The third kappa shape index (κ3) is 4.04. The summed E-state index contributed by atoms with van der Waals surface area (Å²) in [5.41, 5.74) is -0.955. The Hall–Kier alpha value is -1.99. The molecule has 1 aromatic heterocycles. The molecule has 9 heteroatoms. The van der Waals surface area contributed by atoms with Crippen LogP contribution in [0, 0.1) is 11.3 Å². The van der Waals surface area contributed by atoms with Crippen LogP contribution in [0.25, 0.3) is 0 Å². The van der Waals surface area contributed by atoms with E-state index >= 15 is 0 Å². The normalized spacial score (nSPS) is 25.4. The summed E-state index contributed by atoms with van der Waals surface area (Å²) in [4.78, 5) is 25.4. The van der Waals surface area contributed by atoms with E-state index in [4.69, 9.17) is 14.4 Å². The van der Waals surface area contributed by atoms with Gasteiger partial charge in [-0.2, -0.15) is 5.26 Å². The smallest absolute Gasteiger partial charge is 0.330 e. The van der Waals surface area contributed by atoms with Gasteiger partial charge in [-0.3, -0.25) is 14.3 Å². The van der Waals surface area contributed by atoms with Gasteiger partial charge in [0.15, 0.2) is 14.5 Å². The lowest BCUT2D eigenvalue weighted by Crippen LogP contribution is -2.44. The molecular weight excluding hydrogens is 354 g/mol. The molecular formula is C17H25N3O5Si. The lowest BCUT2D eigenvalue weighted by molar-refractivity contribution is -0.0420. The minimum absolute atomic E-state index is 0.00284. The van der Waals surface area contributed by atoms with E-state index in [0.717, 1.165) is 4.57 Å². The fraction of sp³-hybridized carbons (Fsp3) is 0.588. The zero-order valence-corrected chi connectivity index (χ0v) is 16.6. The lowest BCUT2D eigenvalue weighted by Gasteiger charge is -2.37. The maximum absolute atomic E-state index is 12.1. The second-order valence-electron chi connectivity index (χ2n) is 7.83. The third-order valence-corrected chi connectivity index (χ3v) is 9.53. The van der Waals surface area contributed by atoms with Gasteiger partial charge >= 0.3 is 5.69 Å². The maximum Gasteiger partial charge on any atom is 0.330 e. The van der Waals surface area contributed by atoms with Crippen LogP contribution in [0.3, 0.4) is 0 Å². The molecule has 0 radical (unpaired) electrons. The molecule has 0 saturated carbocycles. The quantitative estimate of drug-likeness (QED) is 0.601. The molecule has 0 unspecified atom stereocenters. The van der Waals surface area contributed by atoms with Crippen molar-refractivity contribution >= 4 is 8.32 Å². The maximum atomic E-state index is 12.1. The van der Waals surface area contributed by atoms with E-state index in [0.29, 0.717) is 0 Å². The predicted octanol–water partition coefficient (Wildman–Crippen LogP) is 1.27. The van der Waals surface area contributed by atoms with Crippen molar-refractivity contribution in [3.05, 3.63) is 44.8 Å². The van der Waals surface area contributed by atoms with Crippen molar-refractivity contribution in [1.82, 2.24) is 9.55 Å². The highest BCUT2D eigenvalue weighted by Crippen LogP contribution is 2.38. The molecule has 0 aromatic carbocycles. The zero-order chi connectivity index (χ0) is 19.7. The van der Waals surface area contributed by atoms with E-state index in [1.807, 2.05) is 6.07 Å². The highest BCUT2D eigenvalue weighted by molar-refractivity contribution is 6.74. The van der Waals surface area contributed by atoms with Crippen molar-refractivity contribution in [1.29, 1.82) is 5.26 Å². The summed E-state index contributed by atoms with van der Waals surface area (Å²) in [6, 6.07) is 3.05. The number of ether oxygens (including phenoxy) is 1. The predicted molar refractivity (Wildman–Crippen MR) is 98.1 cm³/mol. The van der Waals surface area contributed by atoms with Gasteiger partial charge in [0.25, 0.3) is 5.56 Å². The fourth-order valence-corrected chi connectivity index (χ4v) is 3.40. The van der Waals surface area contributed by atoms with E-state index in [9.17, 15) is 14.7 Å². The lowest BCUT2D eigenvalue weighted by atomic mass is 10.1. The molecule has 0 aliphatic carbocycles. The van der Waals surface area contributed by atoms with Crippen molar-refractivity contribution in [3.63, 3.8) is 0 Å². The molecule has 1 aromatic rings. The van der Waals surface area contributed by atoms with E-state index in [1.165, 1.54) is 18.3 Å². The summed E-state index contributed by atoms with van der Waals surface area (Å²) in [5.74, 6) is 0. The van der Waals surface area contributed by atoms with Crippen LogP contribution in [-0.2, 0) is 9.16 Å². The number of aromatic amines is 1. The number of nitrogens with one attached hydrogen (secondary N) is 1. The molecule has 0 bridgehead atoms. The molecule has 2 rings (SSSR count). The average Bonchev–Trinajstić information content (AvgIpc) is 2.81. The van der Waals surface area contributed by atoms with Crippen molar-refractivity contribution in [2.24, 2.45) is 0 Å². The Balaban J connectivity index is 2.28. The van der Waals surface area contributed by atoms with Crippen LogP contribution in [0.4, 0.5) is 0 Å². The Morgan fingerprint density at radius 2 is 2.12 bits per heavy atom. The first-order valence-corrected chi connectivity index (χ1v) is 11.3. The molecule has 1 fully saturated rings. The number of aliphatic hydroxyl groups excluding tert-OH is 1. The number of aliphatic hydroxyl groups is 1. The molecule has 142 valence electrons.